The van der Waals surface area contributed by atoms with Crippen LogP contribution in [0.25, 0.3) is 0 Å². The average molecular weight is 364 g/mol. The SMILES string of the molecule is CC[C@@H]1S[C@H](c2ccccc2C)N(CCN(C)C(=O)NC(C)C)C1=O. The van der Waals surface area contributed by atoms with Crippen molar-refractivity contribution in [1.29, 1.82) is 0 Å². The van der Waals surface area contributed by atoms with Crippen LogP contribution in [-0.4, -0.2) is 53.2 Å². The lowest BCUT2D eigenvalue weighted by Crippen LogP contribution is -2.44. The molecule has 1 aromatic rings. The van der Waals surface area contributed by atoms with Gasteiger partial charge in [0.15, 0.2) is 0 Å². The summed E-state index contributed by atoms with van der Waals surface area (Å²) in [6.45, 7) is 9.07. The lowest BCUT2D eigenvalue weighted by Gasteiger charge is -2.28. The number of rotatable bonds is 6. The van der Waals surface area contributed by atoms with Crippen molar-refractivity contribution in [3.8, 4) is 0 Å². The minimum atomic E-state index is -0.103. The highest BCUT2D eigenvalue weighted by atomic mass is 32.2. The first-order valence-corrected chi connectivity index (χ1v) is 9.82. The van der Waals surface area contributed by atoms with E-state index in [-0.39, 0.29) is 28.6 Å². The monoisotopic (exact) mass is 363 g/mol. The summed E-state index contributed by atoms with van der Waals surface area (Å²) in [7, 11) is 1.77. The Morgan fingerprint density at radius 1 is 1.36 bits per heavy atom. The molecule has 2 atom stereocenters. The van der Waals surface area contributed by atoms with Gasteiger partial charge in [0, 0.05) is 26.2 Å². The molecular weight excluding hydrogens is 334 g/mol. The van der Waals surface area contributed by atoms with E-state index in [1.807, 2.05) is 30.9 Å². The molecule has 0 aliphatic carbocycles. The number of likely N-dealkylation sites (N-methyl/N-ethyl adjacent to an activating group) is 1. The van der Waals surface area contributed by atoms with Gasteiger partial charge >= 0.3 is 6.03 Å². The standard InChI is InChI=1S/C19H29N3O2S/c1-6-16-17(23)22(12-11-21(5)19(24)20-13(2)3)18(25-16)15-10-8-7-9-14(15)4/h7-10,13,16,18H,6,11-12H2,1-5H3,(H,20,24)/t16-,18+/m0/s1. The van der Waals surface area contributed by atoms with Crippen molar-refractivity contribution in [1.82, 2.24) is 15.1 Å². The van der Waals surface area contributed by atoms with Gasteiger partial charge in [-0.25, -0.2) is 4.79 Å². The molecule has 0 spiro atoms. The van der Waals surface area contributed by atoms with Crippen molar-refractivity contribution in [3.05, 3.63) is 35.4 Å². The molecule has 1 fully saturated rings. The first kappa shape index (κ1) is 19.6. The molecule has 1 heterocycles. The highest BCUT2D eigenvalue weighted by Gasteiger charge is 2.40. The Hall–Kier alpha value is -1.69. The van der Waals surface area contributed by atoms with E-state index in [1.54, 1.807) is 23.7 Å². The number of urea groups is 1. The van der Waals surface area contributed by atoms with E-state index in [0.717, 1.165) is 6.42 Å². The summed E-state index contributed by atoms with van der Waals surface area (Å²) in [4.78, 5) is 28.4. The van der Waals surface area contributed by atoms with Gasteiger partial charge in [-0.1, -0.05) is 31.2 Å². The third kappa shape index (κ3) is 4.69. The Morgan fingerprint density at radius 2 is 2.04 bits per heavy atom. The van der Waals surface area contributed by atoms with Crippen molar-refractivity contribution < 1.29 is 9.59 Å². The molecule has 1 N–H and O–H groups in total. The summed E-state index contributed by atoms with van der Waals surface area (Å²) >= 11 is 1.72. The summed E-state index contributed by atoms with van der Waals surface area (Å²) in [6, 6.07) is 8.22. The molecule has 6 heteroatoms. The smallest absolute Gasteiger partial charge is 0.317 e. The number of nitrogens with one attached hydrogen (secondary N) is 1. The van der Waals surface area contributed by atoms with Gasteiger partial charge in [-0.3, -0.25) is 4.79 Å². The molecule has 0 bridgehead atoms. The van der Waals surface area contributed by atoms with Gasteiger partial charge in [-0.2, -0.15) is 0 Å². The van der Waals surface area contributed by atoms with Gasteiger partial charge in [-0.15, -0.1) is 11.8 Å². The number of hydrogen-bond acceptors (Lipinski definition) is 3. The van der Waals surface area contributed by atoms with Gasteiger partial charge in [0.1, 0.15) is 5.37 Å². The predicted molar refractivity (Wildman–Crippen MR) is 104 cm³/mol. The maximum atomic E-state index is 12.8. The molecule has 0 aromatic heterocycles. The first-order chi connectivity index (χ1) is 11.8. The van der Waals surface area contributed by atoms with Crippen molar-refractivity contribution in [2.75, 3.05) is 20.1 Å². The molecule has 0 saturated carbocycles. The molecular formula is C19H29N3O2S. The zero-order chi connectivity index (χ0) is 18.6. The number of hydrogen-bond donors (Lipinski definition) is 1. The second-order valence-electron chi connectivity index (χ2n) is 6.80. The van der Waals surface area contributed by atoms with Crippen LogP contribution in [0.5, 0.6) is 0 Å². The van der Waals surface area contributed by atoms with Gasteiger partial charge < -0.3 is 15.1 Å². The minimum Gasteiger partial charge on any atom is -0.336 e. The third-order valence-electron chi connectivity index (χ3n) is 4.40. The lowest BCUT2D eigenvalue weighted by atomic mass is 10.1. The normalized spacial score (nSPS) is 20.2. The Labute approximate surface area is 155 Å². The molecule has 138 valence electrons. The number of thioether (sulfide) groups is 1. The molecule has 2 rings (SSSR count). The number of aryl methyl sites for hydroxylation is 1. The molecule has 1 aliphatic rings. The fourth-order valence-electron chi connectivity index (χ4n) is 2.91. The summed E-state index contributed by atoms with van der Waals surface area (Å²) in [5.74, 6) is 0.179. The quantitative estimate of drug-likeness (QED) is 0.843. The van der Waals surface area contributed by atoms with Crippen molar-refractivity contribution >= 4 is 23.7 Å². The molecule has 5 nitrogen and oxygen atoms in total. The average Bonchev–Trinajstić information content (AvgIpc) is 2.88. The molecule has 1 saturated heterocycles. The number of amides is 3. The second kappa shape index (κ2) is 8.61. The summed E-state index contributed by atoms with van der Waals surface area (Å²) in [5, 5.41) is 2.91. The van der Waals surface area contributed by atoms with Crippen molar-refractivity contribution in [2.45, 2.75) is 50.8 Å². The lowest BCUT2D eigenvalue weighted by molar-refractivity contribution is -0.130. The van der Waals surface area contributed by atoms with Crippen LogP contribution in [0.1, 0.15) is 43.7 Å². The fourth-order valence-corrected chi connectivity index (χ4v) is 4.43. The first-order valence-electron chi connectivity index (χ1n) is 8.88. The molecule has 1 aromatic carbocycles. The Morgan fingerprint density at radius 3 is 2.64 bits per heavy atom. The zero-order valence-electron chi connectivity index (χ0n) is 15.8. The molecule has 1 aliphatic heterocycles. The van der Waals surface area contributed by atoms with Crippen LogP contribution in [-0.2, 0) is 4.79 Å². The van der Waals surface area contributed by atoms with Crippen molar-refractivity contribution in [3.63, 3.8) is 0 Å². The van der Waals surface area contributed by atoms with E-state index in [2.05, 4.69) is 31.3 Å². The van der Waals surface area contributed by atoms with Gasteiger partial charge in [-0.05, 0) is 38.3 Å². The van der Waals surface area contributed by atoms with Crippen LogP contribution < -0.4 is 5.32 Å². The molecule has 3 amide bonds. The summed E-state index contributed by atoms with van der Waals surface area (Å²) < 4.78 is 0. The van der Waals surface area contributed by atoms with Crippen LogP contribution in [0.3, 0.4) is 0 Å². The minimum absolute atomic E-state index is 0.000553. The van der Waals surface area contributed by atoms with Crippen LogP contribution in [0.15, 0.2) is 24.3 Å². The van der Waals surface area contributed by atoms with Gasteiger partial charge in [0.05, 0.1) is 5.25 Å². The Balaban J connectivity index is 2.11. The zero-order valence-corrected chi connectivity index (χ0v) is 16.6. The highest BCUT2D eigenvalue weighted by Crippen LogP contribution is 2.44. The highest BCUT2D eigenvalue weighted by molar-refractivity contribution is 8.01. The summed E-state index contributed by atoms with van der Waals surface area (Å²) in [6.07, 6.45) is 0.825. The number of benzene rings is 1. The number of carbonyl (C=O) groups excluding carboxylic acids is 2. The fraction of sp³-hybridized carbons (Fsp3) is 0.579. The van der Waals surface area contributed by atoms with Crippen LogP contribution in [0, 0.1) is 6.92 Å². The predicted octanol–water partition coefficient (Wildman–Crippen LogP) is 3.40. The Kier molecular flexibility index (Phi) is 6.76. The van der Waals surface area contributed by atoms with Crippen molar-refractivity contribution in [2.24, 2.45) is 0 Å². The molecule has 25 heavy (non-hydrogen) atoms. The van der Waals surface area contributed by atoms with E-state index in [9.17, 15) is 9.59 Å². The second-order valence-corrected chi connectivity index (χ2v) is 8.09. The molecule has 0 unspecified atom stereocenters. The van der Waals surface area contributed by atoms with E-state index in [1.165, 1.54) is 11.1 Å². The van der Waals surface area contributed by atoms with E-state index in [0.29, 0.717) is 13.1 Å². The van der Waals surface area contributed by atoms with Gasteiger partial charge in [0.25, 0.3) is 0 Å². The largest absolute Gasteiger partial charge is 0.336 e. The number of nitrogens with zero attached hydrogens (tertiary/aromatic N) is 2. The van der Waals surface area contributed by atoms with Gasteiger partial charge in [0.2, 0.25) is 5.91 Å². The van der Waals surface area contributed by atoms with Crippen LogP contribution >= 0.6 is 11.8 Å². The topological polar surface area (TPSA) is 52.6 Å². The van der Waals surface area contributed by atoms with Crippen LogP contribution in [0.4, 0.5) is 4.79 Å². The number of carbonyl (C=O) groups is 2. The van der Waals surface area contributed by atoms with E-state index < -0.39 is 0 Å². The third-order valence-corrected chi connectivity index (χ3v) is 6.02. The van der Waals surface area contributed by atoms with Crippen LogP contribution in [0.2, 0.25) is 0 Å². The maximum Gasteiger partial charge on any atom is 0.317 e. The van der Waals surface area contributed by atoms with E-state index >= 15 is 0 Å². The maximum absolute atomic E-state index is 12.8. The van der Waals surface area contributed by atoms with E-state index in [4.69, 9.17) is 0 Å². The Bertz CT molecular complexity index is 620. The summed E-state index contributed by atoms with van der Waals surface area (Å²) in [5.41, 5.74) is 2.38. The molecule has 0 radical (unpaired) electrons.